The van der Waals surface area contributed by atoms with E-state index in [1.54, 1.807) is 6.92 Å². The SMILES string of the molecule is CC1OC(OC(CO)CCO)C(O)CC1O. The Bertz CT molecular complexity index is 200. The first-order chi connectivity index (χ1) is 7.58. The number of ether oxygens (including phenoxy) is 2. The van der Waals surface area contributed by atoms with Crippen LogP contribution in [0.4, 0.5) is 0 Å². The van der Waals surface area contributed by atoms with Crippen LogP contribution in [0.25, 0.3) is 0 Å². The normalized spacial score (nSPS) is 37.3. The van der Waals surface area contributed by atoms with E-state index in [-0.39, 0.29) is 26.1 Å². The summed E-state index contributed by atoms with van der Waals surface area (Å²) in [4.78, 5) is 0. The first-order valence-electron chi connectivity index (χ1n) is 5.47. The highest BCUT2D eigenvalue weighted by atomic mass is 16.7. The van der Waals surface area contributed by atoms with Gasteiger partial charge >= 0.3 is 0 Å². The molecular formula is C10H20O6. The van der Waals surface area contributed by atoms with Crippen LogP contribution < -0.4 is 0 Å². The molecule has 0 saturated carbocycles. The van der Waals surface area contributed by atoms with E-state index in [1.165, 1.54) is 0 Å². The van der Waals surface area contributed by atoms with Gasteiger partial charge in [-0.3, -0.25) is 0 Å². The van der Waals surface area contributed by atoms with Gasteiger partial charge in [-0.2, -0.15) is 0 Å². The fourth-order valence-electron chi connectivity index (χ4n) is 1.60. The first-order valence-corrected chi connectivity index (χ1v) is 5.47. The summed E-state index contributed by atoms with van der Waals surface area (Å²) in [5.74, 6) is 0. The molecule has 0 spiro atoms. The van der Waals surface area contributed by atoms with Gasteiger partial charge in [-0.1, -0.05) is 0 Å². The van der Waals surface area contributed by atoms with E-state index in [0.717, 1.165) is 0 Å². The first kappa shape index (κ1) is 13.8. The van der Waals surface area contributed by atoms with E-state index in [9.17, 15) is 10.2 Å². The Hall–Kier alpha value is -0.240. The molecule has 1 saturated heterocycles. The molecule has 0 aromatic rings. The van der Waals surface area contributed by atoms with Crippen molar-refractivity contribution in [2.24, 2.45) is 0 Å². The Balaban J connectivity index is 2.45. The smallest absolute Gasteiger partial charge is 0.184 e. The van der Waals surface area contributed by atoms with Gasteiger partial charge in [-0.15, -0.1) is 0 Å². The second-order valence-electron chi connectivity index (χ2n) is 4.03. The predicted octanol–water partition coefficient (Wildman–Crippen LogP) is -1.40. The second kappa shape index (κ2) is 6.48. The summed E-state index contributed by atoms with van der Waals surface area (Å²) < 4.78 is 10.6. The number of rotatable bonds is 5. The average Bonchev–Trinajstić information content (AvgIpc) is 2.25. The molecule has 0 amide bonds. The van der Waals surface area contributed by atoms with Crippen LogP contribution in [0.15, 0.2) is 0 Å². The topological polar surface area (TPSA) is 99.4 Å². The van der Waals surface area contributed by atoms with Gasteiger partial charge in [0.2, 0.25) is 0 Å². The maximum Gasteiger partial charge on any atom is 0.184 e. The molecule has 5 unspecified atom stereocenters. The number of hydrogen-bond donors (Lipinski definition) is 4. The summed E-state index contributed by atoms with van der Waals surface area (Å²) in [6.07, 6.45) is -3.00. The molecule has 0 radical (unpaired) electrons. The zero-order valence-corrected chi connectivity index (χ0v) is 9.32. The lowest BCUT2D eigenvalue weighted by molar-refractivity contribution is -0.278. The van der Waals surface area contributed by atoms with E-state index in [2.05, 4.69) is 0 Å². The molecule has 5 atom stereocenters. The standard InChI is InChI=1S/C10H20O6/c1-6-8(13)4-9(14)10(15-6)16-7(5-12)2-3-11/h6-14H,2-5H2,1H3. The highest BCUT2D eigenvalue weighted by molar-refractivity contribution is 4.79. The summed E-state index contributed by atoms with van der Waals surface area (Å²) in [7, 11) is 0. The van der Waals surface area contributed by atoms with Gasteiger partial charge in [0, 0.05) is 13.0 Å². The molecule has 0 aromatic heterocycles. The van der Waals surface area contributed by atoms with Crippen LogP contribution in [-0.4, -0.2) is 64.3 Å². The molecule has 1 heterocycles. The molecule has 0 bridgehead atoms. The Morgan fingerprint density at radius 3 is 2.56 bits per heavy atom. The van der Waals surface area contributed by atoms with E-state index < -0.39 is 30.7 Å². The molecule has 0 aliphatic carbocycles. The lowest BCUT2D eigenvalue weighted by Crippen LogP contribution is -2.48. The summed E-state index contributed by atoms with van der Waals surface area (Å²) >= 11 is 0. The van der Waals surface area contributed by atoms with Crippen LogP contribution in [0.1, 0.15) is 19.8 Å². The van der Waals surface area contributed by atoms with Crippen molar-refractivity contribution >= 4 is 0 Å². The van der Waals surface area contributed by atoms with Crippen molar-refractivity contribution in [1.29, 1.82) is 0 Å². The molecule has 1 aliphatic heterocycles. The van der Waals surface area contributed by atoms with Crippen LogP contribution >= 0.6 is 0 Å². The minimum atomic E-state index is -0.918. The largest absolute Gasteiger partial charge is 0.396 e. The third-order valence-corrected chi connectivity index (χ3v) is 2.67. The molecule has 4 N–H and O–H groups in total. The maximum absolute atomic E-state index is 9.62. The highest BCUT2D eigenvalue weighted by Crippen LogP contribution is 2.22. The molecule has 96 valence electrons. The van der Waals surface area contributed by atoms with E-state index in [4.69, 9.17) is 19.7 Å². The van der Waals surface area contributed by atoms with Gasteiger partial charge in [0.05, 0.1) is 24.9 Å². The van der Waals surface area contributed by atoms with Crippen molar-refractivity contribution in [2.75, 3.05) is 13.2 Å². The summed E-state index contributed by atoms with van der Waals surface area (Å²) in [5.41, 5.74) is 0. The molecule has 1 aliphatic rings. The molecule has 16 heavy (non-hydrogen) atoms. The van der Waals surface area contributed by atoms with Gasteiger partial charge in [0.15, 0.2) is 6.29 Å². The third kappa shape index (κ3) is 3.65. The molecule has 6 nitrogen and oxygen atoms in total. The van der Waals surface area contributed by atoms with Gasteiger partial charge in [-0.25, -0.2) is 0 Å². The highest BCUT2D eigenvalue weighted by Gasteiger charge is 2.35. The van der Waals surface area contributed by atoms with Crippen molar-refractivity contribution in [3.63, 3.8) is 0 Å². The van der Waals surface area contributed by atoms with E-state index in [1.807, 2.05) is 0 Å². The molecule has 0 aromatic carbocycles. The Labute approximate surface area is 94.4 Å². The average molecular weight is 236 g/mol. The van der Waals surface area contributed by atoms with Gasteiger partial charge in [-0.05, 0) is 13.3 Å². The van der Waals surface area contributed by atoms with Crippen molar-refractivity contribution in [3.8, 4) is 0 Å². The van der Waals surface area contributed by atoms with Gasteiger partial charge in [0.25, 0.3) is 0 Å². The summed E-state index contributed by atoms with van der Waals surface area (Å²) in [5, 5.41) is 36.7. The fraction of sp³-hybridized carbons (Fsp3) is 1.00. The number of aliphatic hydroxyl groups excluding tert-OH is 4. The summed E-state index contributed by atoms with van der Waals surface area (Å²) in [6, 6.07) is 0. The predicted molar refractivity (Wildman–Crippen MR) is 54.6 cm³/mol. The summed E-state index contributed by atoms with van der Waals surface area (Å²) in [6.45, 7) is 1.34. The second-order valence-corrected chi connectivity index (χ2v) is 4.03. The molecule has 1 rings (SSSR count). The number of hydrogen-bond acceptors (Lipinski definition) is 6. The monoisotopic (exact) mass is 236 g/mol. The Morgan fingerprint density at radius 1 is 1.31 bits per heavy atom. The third-order valence-electron chi connectivity index (χ3n) is 2.67. The Morgan fingerprint density at radius 2 is 2.00 bits per heavy atom. The quantitative estimate of drug-likeness (QED) is 0.469. The van der Waals surface area contributed by atoms with Crippen LogP contribution in [0.5, 0.6) is 0 Å². The fourth-order valence-corrected chi connectivity index (χ4v) is 1.60. The number of aliphatic hydroxyl groups is 4. The van der Waals surface area contributed by atoms with Crippen LogP contribution in [0.3, 0.4) is 0 Å². The van der Waals surface area contributed by atoms with Crippen molar-refractivity contribution in [3.05, 3.63) is 0 Å². The Kier molecular flexibility index (Phi) is 5.60. The van der Waals surface area contributed by atoms with Crippen molar-refractivity contribution in [2.45, 2.75) is 50.5 Å². The minimum absolute atomic E-state index is 0.105. The van der Waals surface area contributed by atoms with Crippen molar-refractivity contribution < 1.29 is 29.9 Å². The zero-order valence-electron chi connectivity index (χ0n) is 9.32. The van der Waals surface area contributed by atoms with E-state index in [0.29, 0.717) is 0 Å². The lowest BCUT2D eigenvalue weighted by Gasteiger charge is -2.36. The van der Waals surface area contributed by atoms with Crippen LogP contribution in [-0.2, 0) is 9.47 Å². The van der Waals surface area contributed by atoms with Crippen molar-refractivity contribution in [1.82, 2.24) is 0 Å². The molecule has 1 fully saturated rings. The lowest BCUT2D eigenvalue weighted by atomic mass is 10.0. The van der Waals surface area contributed by atoms with Crippen LogP contribution in [0.2, 0.25) is 0 Å². The van der Waals surface area contributed by atoms with Gasteiger partial charge in [0.1, 0.15) is 6.10 Å². The molecule has 6 heteroatoms. The van der Waals surface area contributed by atoms with Crippen LogP contribution in [0, 0.1) is 0 Å². The maximum atomic E-state index is 9.62. The molecular weight excluding hydrogens is 216 g/mol. The van der Waals surface area contributed by atoms with E-state index >= 15 is 0 Å². The van der Waals surface area contributed by atoms with Gasteiger partial charge < -0.3 is 29.9 Å². The zero-order chi connectivity index (χ0) is 12.1. The minimum Gasteiger partial charge on any atom is -0.396 e.